The Balaban J connectivity index is 1.84. The van der Waals surface area contributed by atoms with Crippen LogP contribution in [0.25, 0.3) is 10.2 Å². The zero-order valence-corrected chi connectivity index (χ0v) is 16.2. The van der Waals surface area contributed by atoms with Crippen LogP contribution >= 0.6 is 11.3 Å². The minimum atomic E-state index is -0.735. The van der Waals surface area contributed by atoms with Gasteiger partial charge in [0.2, 0.25) is 5.91 Å². The van der Waals surface area contributed by atoms with E-state index in [1.165, 1.54) is 24.3 Å². The molecule has 2 heterocycles. The molecule has 0 aliphatic rings. The summed E-state index contributed by atoms with van der Waals surface area (Å²) in [5.74, 6) is -0.512. The number of fused-ring (bicyclic) bond motifs is 1. The number of carbonyl (C=O) groups excluding carboxylic acids is 2. The summed E-state index contributed by atoms with van der Waals surface area (Å²) < 4.78 is 5.44. The molecule has 8 heteroatoms. The smallest absolute Gasteiger partial charge is 0.338 e. The van der Waals surface area contributed by atoms with E-state index in [9.17, 15) is 14.4 Å². The predicted molar refractivity (Wildman–Crippen MR) is 104 cm³/mol. The van der Waals surface area contributed by atoms with E-state index in [0.717, 1.165) is 10.4 Å². The standard InChI is InChI=1S/C19H19N3O4S/c1-9-11(3)27-18-15(9)17(24)21-16(22-18)10(2)26-19(25)13-6-5-7-14(8-13)20-12(4)23/h5-8,10H,1-4H3,(H,20,23)(H,21,22,24)/t10-/m0/s1. The minimum absolute atomic E-state index is 0.231. The summed E-state index contributed by atoms with van der Waals surface area (Å²) in [4.78, 5) is 44.8. The van der Waals surface area contributed by atoms with Gasteiger partial charge in [0.15, 0.2) is 11.9 Å². The topological polar surface area (TPSA) is 101 Å². The Morgan fingerprint density at radius 2 is 2.04 bits per heavy atom. The van der Waals surface area contributed by atoms with E-state index < -0.39 is 12.1 Å². The molecule has 0 radical (unpaired) electrons. The lowest BCUT2D eigenvalue weighted by atomic mass is 10.2. The number of aromatic nitrogens is 2. The fourth-order valence-electron chi connectivity index (χ4n) is 2.68. The van der Waals surface area contributed by atoms with Crippen LogP contribution in [0, 0.1) is 13.8 Å². The second-order valence-electron chi connectivity index (χ2n) is 6.22. The van der Waals surface area contributed by atoms with Gasteiger partial charge in [-0.3, -0.25) is 9.59 Å². The van der Waals surface area contributed by atoms with Crippen molar-refractivity contribution >= 4 is 39.1 Å². The highest BCUT2D eigenvalue weighted by Crippen LogP contribution is 2.27. The third kappa shape index (κ3) is 3.90. The molecule has 0 unspecified atom stereocenters. The number of amides is 1. The average molecular weight is 385 g/mol. The normalized spacial score (nSPS) is 12.0. The monoisotopic (exact) mass is 385 g/mol. The highest BCUT2D eigenvalue weighted by Gasteiger charge is 2.19. The predicted octanol–water partition coefficient (Wildman–Crippen LogP) is 3.48. The van der Waals surface area contributed by atoms with Gasteiger partial charge >= 0.3 is 5.97 Å². The van der Waals surface area contributed by atoms with E-state index in [1.807, 2.05) is 13.8 Å². The van der Waals surface area contributed by atoms with Crippen LogP contribution in [0.3, 0.4) is 0 Å². The van der Waals surface area contributed by atoms with Crippen molar-refractivity contribution < 1.29 is 14.3 Å². The van der Waals surface area contributed by atoms with Gasteiger partial charge in [-0.25, -0.2) is 9.78 Å². The molecule has 0 fully saturated rings. The number of esters is 1. The molecular weight excluding hydrogens is 366 g/mol. The number of rotatable bonds is 4. The summed E-state index contributed by atoms with van der Waals surface area (Å²) in [5.41, 5.74) is 1.46. The van der Waals surface area contributed by atoms with Crippen LogP contribution < -0.4 is 10.9 Å². The van der Waals surface area contributed by atoms with Crippen LogP contribution in [0.2, 0.25) is 0 Å². The lowest BCUT2D eigenvalue weighted by Gasteiger charge is -2.13. The van der Waals surface area contributed by atoms with E-state index >= 15 is 0 Å². The molecule has 0 saturated heterocycles. The maximum Gasteiger partial charge on any atom is 0.338 e. The Bertz CT molecular complexity index is 1100. The molecule has 3 rings (SSSR count). The van der Waals surface area contributed by atoms with Gasteiger partial charge in [0.1, 0.15) is 4.83 Å². The number of ether oxygens (including phenoxy) is 1. The Morgan fingerprint density at radius 3 is 2.74 bits per heavy atom. The van der Waals surface area contributed by atoms with Crippen molar-refractivity contribution in [3.63, 3.8) is 0 Å². The van der Waals surface area contributed by atoms with E-state index in [2.05, 4.69) is 15.3 Å². The summed E-state index contributed by atoms with van der Waals surface area (Å²) in [5, 5.41) is 3.19. The van der Waals surface area contributed by atoms with Gasteiger partial charge in [0.05, 0.1) is 10.9 Å². The summed E-state index contributed by atoms with van der Waals surface area (Å²) in [6.45, 7) is 6.86. The number of nitrogens with one attached hydrogen (secondary N) is 2. The van der Waals surface area contributed by atoms with Crippen molar-refractivity contribution in [1.29, 1.82) is 0 Å². The number of hydrogen-bond acceptors (Lipinski definition) is 6. The summed E-state index contributed by atoms with van der Waals surface area (Å²) in [7, 11) is 0. The number of aromatic amines is 1. The van der Waals surface area contributed by atoms with Gasteiger partial charge in [-0.1, -0.05) is 6.07 Å². The Kier molecular flexibility index (Phi) is 5.09. The maximum atomic E-state index is 12.4. The third-order valence-electron chi connectivity index (χ3n) is 4.14. The molecule has 0 aliphatic carbocycles. The van der Waals surface area contributed by atoms with Crippen LogP contribution in [0.5, 0.6) is 0 Å². The number of benzene rings is 1. The summed E-state index contributed by atoms with van der Waals surface area (Å²) in [6.07, 6.45) is -0.735. The van der Waals surface area contributed by atoms with Crippen molar-refractivity contribution in [1.82, 2.24) is 9.97 Å². The summed E-state index contributed by atoms with van der Waals surface area (Å²) in [6, 6.07) is 6.44. The number of nitrogens with zero attached hydrogens (tertiary/aromatic N) is 1. The number of thiophene rings is 1. The van der Waals surface area contributed by atoms with Crippen molar-refractivity contribution in [3.05, 3.63) is 56.4 Å². The molecule has 1 amide bonds. The lowest BCUT2D eigenvalue weighted by molar-refractivity contribution is -0.114. The largest absolute Gasteiger partial charge is 0.451 e. The lowest BCUT2D eigenvalue weighted by Crippen LogP contribution is -2.17. The Morgan fingerprint density at radius 1 is 1.30 bits per heavy atom. The molecule has 0 aliphatic heterocycles. The van der Waals surface area contributed by atoms with Gasteiger partial charge < -0.3 is 15.0 Å². The first kappa shape index (κ1) is 18.8. The number of hydrogen-bond donors (Lipinski definition) is 2. The highest BCUT2D eigenvalue weighted by atomic mass is 32.1. The van der Waals surface area contributed by atoms with E-state index in [-0.39, 0.29) is 11.5 Å². The molecule has 27 heavy (non-hydrogen) atoms. The fraction of sp³-hybridized carbons (Fsp3) is 0.263. The van der Waals surface area contributed by atoms with Crippen LogP contribution in [0.4, 0.5) is 5.69 Å². The van der Waals surface area contributed by atoms with Gasteiger partial charge in [0.25, 0.3) is 5.56 Å². The molecule has 2 N–H and O–H groups in total. The van der Waals surface area contributed by atoms with E-state index in [4.69, 9.17) is 4.74 Å². The van der Waals surface area contributed by atoms with Gasteiger partial charge in [-0.2, -0.15) is 0 Å². The van der Waals surface area contributed by atoms with Crippen molar-refractivity contribution in [2.45, 2.75) is 33.8 Å². The minimum Gasteiger partial charge on any atom is -0.451 e. The first-order chi connectivity index (χ1) is 12.8. The SMILES string of the molecule is CC(=O)Nc1cccc(C(=O)O[C@@H](C)c2nc3sc(C)c(C)c3c(=O)[nH]2)c1. The molecule has 1 atom stereocenters. The van der Waals surface area contributed by atoms with E-state index in [1.54, 1.807) is 25.1 Å². The first-order valence-electron chi connectivity index (χ1n) is 8.35. The summed E-state index contributed by atoms with van der Waals surface area (Å²) >= 11 is 1.44. The number of aryl methyl sites for hydroxylation is 2. The second-order valence-corrected chi connectivity index (χ2v) is 7.43. The second kappa shape index (κ2) is 7.32. The van der Waals surface area contributed by atoms with Crippen LogP contribution in [-0.4, -0.2) is 21.8 Å². The fourth-order valence-corrected chi connectivity index (χ4v) is 3.71. The number of H-pyrrole nitrogens is 1. The van der Waals surface area contributed by atoms with E-state index in [0.29, 0.717) is 27.3 Å². The van der Waals surface area contributed by atoms with Crippen LogP contribution in [0.1, 0.15) is 46.6 Å². The molecule has 1 aromatic carbocycles. The quantitative estimate of drug-likeness (QED) is 0.670. The molecule has 0 spiro atoms. The zero-order valence-electron chi connectivity index (χ0n) is 15.4. The van der Waals surface area contributed by atoms with Crippen LogP contribution in [0.15, 0.2) is 29.1 Å². The maximum absolute atomic E-state index is 12.4. The highest BCUT2D eigenvalue weighted by molar-refractivity contribution is 7.18. The molecule has 140 valence electrons. The molecular formula is C19H19N3O4S. The molecule has 0 saturated carbocycles. The van der Waals surface area contributed by atoms with Gasteiger partial charge in [-0.15, -0.1) is 11.3 Å². The number of carbonyl (C=O) groups is 2. The molecule has 3 aromatic rings. The van der Waals surface area contributed by atoms with Crippen molar-refractivity contribution in [3.8, 4) is 0 Å². The van der Waals surface area contributed by atoms with Crippen LogP contribution in [-0.2, 0) is 9.53 Å². The molecule has 7 nitrogen and oxygen atoms in total. The van der Waals surface area contributed by atoms with Crippen molar-refractivity contribution in [2.24, 2.45) is 0 Å². The number of anilines is 1. The van der Waals surface area contributed by atoms with Crippen molar-refractivity contribution in [2.75, 3.05) is 5.32 Å². The van der Waals surface area contributed by atoms with Gasteiger partial charge in [0, 0.05) is 17.5 Å². The Labute approximate surface area is 159 Å². The average Bonchev–Trinajstić information content (AvgIpc) is 2.89. The molecule has 2 aromatic heterocycles. The first-order valence-corrected chi connectivity index (χ1v) is 9.16. The van der Waals surface area contributed by atoms with Gasteiger partial charge in [-0.05, 0) is 44.5 Å². The Hall–Kier alpha value is -3.00. The third-order valence-corrected chi connectivity index (χ3v) is 5.25. The zero-order chi connectivity index (χ0) is 19.7. The molecule has 0 bridgehead atoms.